The van der Waals surface area contributed by atoms with Gasteiger partial charge in [0, 0.05) is 6.61 Å². The van der Waals surface area contributed by atoms with Crippen molar-refractivity contribution in [2.75, 3.05) is 17.7 Å². The fourth-order valence-electron chi connectivity index (χ4n) is 3.78. The molecule has 3 heterocycles. The molecule has 1 N–H and O–H groups in total. The molecule has 1 fully saturated rings. The molecule has 7 nitrogen and oxygen atoms in total. The Labute approximate surface area is 192 Å². The van der Waals surface area contributed by atoms with Crippen LogP contribution in [0.25, 0.3) is 21.1 Å². The van der Waals surface area contributed by atoms with Gasteiger partial charge in [-0.1, -0.05) is 41.3 Å². The number of nitrogens with zero attached hydrogens (tertiary/aromatic N) is 3. The van der Waals surface area contributed by atoms with Crippen molar-refractivity contribution in [3.05, 3.63) is 58.4 Å². The van der Waals surface area contributed by atoms with Crippen molar-refractivity contribution >= 4 is 55.3 Å². The van der Waals surface area contributed by atoms with Crippen LogP contribution in [0.5, 0.6) is 0 Å². The number of amides is 1. The zero-order valence-corrected chi connectivity index (χ0v) is 19.2. The molecule has 1 atom stereocenters. The van der Waals surface area contributed by atoms with Gasteiger partial charge in [0.1, 0.15) is 0 Å². The second kappa shape index (κ2) is 9.01. The fraction of sp³-hybridized carbons (Fsp3) is 0.304. The minimum absolute atomic E-state index is 0.00459. The number of para-hydroxylation sites is 1. The first-order chi connectivity index (χ1) is 15.6. The monoisotopic (exact) mass is 466 g/mol. The van der Waals surface area contributed by atoms with Gasteiger partial charge in [-0.15, -0.1) is 0 Å². The first-order valence-corrected chi connectivity index (χ1v) is 12.3. The minimum Gasteiger partial charge on any atom is -0.376 e. The molecule has 1 amide bonds. The van der Waals surface area contributed by atoms with E-state index in [0.717, 1.165) is 28.6 Å². The Balaban J connectivity index is 1.36. The van der Waals surface area contributed by atoms with Crippen LogP contribution in [0.15, 0.2) is 52.4 Å². The molecule has 0 radical (unpaired) electrons. The lowest BCUT2D eigenvalue weighted by Gasteiger charge is -2.16. The van der Waals surface area contributed by atoms with Gasteiger partial charge in [-0.05, 0) is 49.6 Å². The van der Waals surface area contributed by atoms with Crippen molar-refractivity contribution in [3.63, 3.8) is 0 Å². The van der Waals surface area contributed by atoms with Gasteiger partial charge < -0.3 is 10.1 Å². The van der Waals surface area contributed by atoms with E-state index >= 15 is 0 Å². The van der Waals surface area contributed by atoms with E-state index in [4.69, 9.17) is 4.74 Å². The molecule has 5 rings (SSSR count). The number of thioether (sulfide) groups is 1. The van der Waals surface area contributed by atoms with Gasteiger partial charge in [0.05, 0.1) is 39.5 Å². The van der Waals surface area contributed by atoms with E-state index in [1.54, 1.807) is 10.6 Å². The zero-order valence-electron chi connectivity index (χ0n) is 17.5. The second-order valence-electron chi connectivity index (χ2n) is 7.79. The normalized spacial score (nSPS) is 16.1. The SMILES string of the molecule is Cc1ccc2nc(NC(=O)CSc3nc4ccccc4c(=O)n3CC3CCCO3)sc2c1. The zero-order chi connectivity index (χ0) is 22.1. The van der Waals surface area contributed by atoms with Crippen molar-refractivity contribution in [1.29, 1.82) is 0 Å². The molecule has 9 heteroatoms. The van der Waals surface area contributed by atoms with E-state index in [2.05, 4.69) is 21.4 Å². The Morgan fingerprint density at radius 3 is 2.97 bits per heavy atom. The predicted molar refractivity (Wildman–Crippen MR) is 129 cm³/mol. The molecule has 164 valence electrons. The highest BCUT2D eigenvalue weighted by Crippen LogP contribution is 2.27. The van der Waals surface area contributed by atoms with E-state index < -0.39 is 0 Å². The Bertz CT molecular complexity index is 1360. The smallest absolute Gasteiger partial charge is 0.262 e. The molecule has 0 bridgehead atoms. The number of thiazole rings is 1. The first kappa shape index (κ1) is 21.1. The molecule has 2 aromatic carbocycles. The van der Waals surface area contributed by atoms with Crippen LogP contribution in [-0.2, 0) is 16.1 Å². The molecular formula is C23H22N4O3S2. The molecule has 4 aromatic rings. The molecule has 1 aliphatic heterocycles. The van der Waals surface area contributed by atoms with E-state index in [1.807, 2.05) is 37.3 Å². The molecule has 1 unspecified atom stereocenters. The van der Waals surface area contributed by atoms with Crippen molar-refractivity contribution in [2.24, 2.45) is 0 Å². The van der Waals surface area contributed by atoms with Crippen molar-refractivity contribution < 1.29 is 9.53 Å². The van der Waals surface area contributed by atoms with Crippen molar-refractivity contribution in [1.82, 2.24) is 14.5 Å². The Morgan fingerprint density at radius 2 is 2.12 bits per heavy atom. The lowest BCUT2D eigenvalue weighted by atomic mass is 10.2. The number of ether oxygens (including phenoxy) is 1. The van der Waals surface area contributed by atoms with Gasteiger partial charge in [-0.3, -0.25) is 14.2 Å². The van der Waals surface area contributed by atoms with Crippen LogP contribution >= 0.6 is 23.1 Å². The van der Waals surface area contributed by atoms with Crippen molar-refractivity contribution in [2.45, 2.75) is 37.6 Å². The van der Waals surface area contributed by atoms with Crippen LogP contribution in [-0.4, -0.2) is 38.9 Å². The summed E-state index contributed by atoms with van der Waals surface area (Å²) in [6.45, 7) is 3.19. The topological polar surface area (TPSA) is 86.1 Å². The number of anilines is 1. The van der Waals surface area contributed by atoms with Gasteiger partial charge in [0.25, 0.3) is 5.56 Å². The third-order valence-electron chi connectivity index (χ3n) is 5.36. The van der Waals surface area contributed by atoms with Crippen LogP contribution in [0.1, 0.15) is 18.4 Å². The van der Waals surface area contributed by atoms with E-state index in [9.17, 15) is 9.59 Å². The van der Waals surface area contributed by atoms with Crippen molar-refractivity contribution in [3.8, 4) is 0 Å². The van der Waals surface area contributed by atoms with Gasteiger partial charge in [-0.25, -0.2) is 9.97 Å². The number of benzene rings is 2. The summed E-state index contributed by atoms with van der Waals surface area (Å²) in [7, 11) is 0. The summed E-state index contributed by atoms with van der Waals surface area (Å²) in [5, 5.41) is 4.54. The summed E-state index contributed by atoms with van der Waals surface area (Å²) < 4.78 is 8.42. The maximum absolute atomic E-state index is 13.1. The molecule has 32 heavy (non-hydrogen) atoms. The van der Waals surface area contributed by atoms with Crippen LogP contribution in [0.4, 0.5) is 5.13 Å². The summed E-state index contributed by atoms with van der Waals surface area (Å²) in [6, 6.07) is 13.3. The van der Waals surface area contributed by atoms with Crippen LogP contribution < -0.4 is 10.9 Å². The summed E-state index contributed by atoms with van der Waals surface area (Å²) in [4.78, 5) is 34.9. The Kier molecular flexibility index (Phi) is 5.95. The average Bonchev–Trinajstić information content (AvgIpc) is 3.43. The summed E-state index contributed by atoms with van der Waals surface area (Å²) in [5.74, 6) is -0.0533. The number of aromatic nitrogens is 3. The average molecular weight is 467 g/mol. The van der Waals surface area contributed by atoms with Gasteiger partial charge in [0.15, 0.2) is 10.3 Å². The van der Waals surface area contributed by atoms with E-state index in [1.165, 1.54) is 23.1 Å². The number of nitrogens with one attached hydrogen (secondary N) is 1. The minimum atomic E-state index is -0.183. The Hall–Kier alpha value is -2.75. The highest BCUT2D eigenvalue weighted by molar-refractivity contribution is 7.99. The lowest BCUT2D eigenvalue weighted by Crippen LogP contribution is -2.29. The molecule has 2 aromatic heterocycles. The molecule has 0 saturated carbocycles. The first-order valence-electron chi connectivity index (χ1n) is 10.5. The number of fused-ring (bicyclic) bond motifs is 2. The lowest BCUT2D eigenvalue weighted by molar-refractivity contribution is -0.113. The molecule has 1 aliphatic rings. The number of hydrogen-bond donors (Lipinski definition) is 1. The van der Waals surface area contributed by atoms with E-state index in [-0.39, 0.29) is 23.3 Å². The van der Waals surface area contributed by atoms with Gasteiger partial charge in [0.2, 0.25) is 5.91 Å². The number of carbonyl (C=O) groups excluding carboxylic acids is 1. The van der Waals surface area contributed by atoms with Gasteiger partial charge in [-0.2, -0.15) is 0 Å². The van der Waals surface area contributed by atoms with Crippen LogP contribution in [0.2, 0.25) is 0 Å². The molecule has 0 spiro atoms. The highest BCUT2D eigenvalue weighted by Gasteiger charge is 2.21. The van der Waals surface area contributed by atoms with Crippen LogP contribution in [0, 0.1) is 6.92 Å². The third kappa shape index (κ3) is 4.41. The predicted octanol–water partition coefficient (Wildman–Crippen LogP) is 4.22. The molecule has 1 saturated heterocycles. The third-order valence-corrected chi connectivity index (χ3v) is 7.27. The largest absolute Gasteiger partial charge is 0.376 e. The molecular weight excluding hydrogens is 444 g/mol. The summed E-state index contributed by atoms with van der Waals surface area (Å²) >= 11 is 2.71. The highest BCUT2D eigenvalue weighted by atomic mass is 32.2. The van der Waals surface area contributed by atoms with Crippen LogP contribution in [0.3, 0.4) is 0 Å². The quantitative estimate of drug-likeness (QED) is 0.338. The fourth-order valence-corrected chi connectivity index (χ4v) is 5.57. The maximum Gasteiger partial charge on any atom is 0.262 e. The summed E-state index contributed by atoms with van der Waals surface area (Å²) in [5.41, 5.74) is 2.55. The summed E-state index contributed by atoms with van der Waals surface area (Å²) in [6.07, 6.45) is 1.91. The second-order valence-corrected chi connectivity index (χ2v) is 9.76. The number of hydrogen-bond acceptors (Lipinski definition) is 7. The molecule has 0 aliphatic carbocycles. The van der Waals surface area contributed by atoms with E-state index in [0.29, 0.717) is 34.3 Å². The number of rotatable bonds is 6. The van der Waals surface area contributed by atoms with Gasteiger partial charge >= 0.3 is 0 Å². The number of carbonyl (C=O) groups is 1. The maximum atomic E-state index is 13.1. The standard InChI is InChI=1S/C23H22N4O3S2/c1-14-8-9-18-19(11-14)32-22(24-18)26-20(28)13-31-23-25-17-7-3-2-6-16(17)21(29)27(23)12-15-5-4-10-30-15/h2-3,6-9,11,15H,4-5,10,12-13H2,1H3,(H,24,26,28). The number of aryl methyl sites for hydroxylation is 1. The Morgan fingerprint density at radius 1 is 1.25 bits per heavy atom.